The van der Waals surface area contributed by atoms with Crippen LogP contribution < -0.4 is 16.0 Å². The minimum absolute atomic E-state index is 0.142. The summed E-state index contributed by atoms with van der Waals surface area (Å²) in [5.41, 5.74) is 2.36. The lowest BCUT2D eigenvalue weighted by molar-refractivity contribution is -0.114. The van der Waals surface area contributed by atoms with Gasteiger partial charge in [-0.1, -0.05) is 23.4 Å². The summed E-state index contributed by atoms with van der Waals surface area (Å²) in [6, 6.07) is 10.7. The summed E-state index contributed by atoms with van der Waals surface area (Å²) in [6.45, 7) is 0.180. The molecule has 0 atom stereocenters. The first-order chi connectivity index (χ1) is 13.2. The van der Waals surface area contributed by atoms with Gasteiger partial charge in [0.15, 0.2) is 11.5 Å². The molecule has 9 nitrogen and oxygen atoms in total. The topological polar surface area (TPSA) is 122 Å². The van der Waals surface area contributed by atoms with Crippen LogP contribution in [-0.4, -0.2) is 33.5 Å². The minimum Gasteiger partial charge on any atom is -0.372 e. The Morgan fingerprint density at radius 2 is 2.04 bits per heavy atom. The Morgan fingerprint density at radius 1 is 1.19 bits per heavy atom. The van der Waals surface area contributed by atoms with Crippen molar-refractivity contribution in [1.82, 2.24) is 15.1 Å². The van der Waals surface area contributed by atoms with Crippen molar-refractivity contribution < 1.29 is 14.1 Å². The molecule has 0 saturated carbocycles. The van der Waals surface area contributed by atoms with Crippen LogP contribution in [0.15, 0.2) is 47.2 Å². The van der Waals surface area contributed by atoms with Gasteiger partial charge in [0.1, 0.15) is 12.1 Å². The third kappa shape index (κ3) is 3.76. The fourth-order valence-corrected chi connectivity index (χ4v) is 2.73. The number of amides is 2. The number of benzene rings is 1. The van der Waals surface area contributed by atoms with Crippen molar-refractivity contribution in [1.29, 1.82) is 0 Å². The number of nitrogens with one attached hydrogen (secondary N) is 3. The summed E-state index contributed by atoms with van der Waals surface area (Å²) in [4.78, 5) is 32.0. The fourth-order valence-electron chi connectivity index (χ4n) is 2.73. The zero-order chi connectivity index (χ0) is 18.6. The molecule has 0 spiro atoms. The van der Waals surface area contributed by atoms with Gasteiger partial charge in [-0.2, -0.15) is 0 Å². The van der Waals surface area contributed by atoms with Gasteiger partial charge < -0.3 is 20.5 Å². The molecule has 3 N–H and O–H groups in total. The second-order valence-electron chi connectivity index (χ2n) is 5.94. The van der Waals surface area contributed by atoms with Crippen LogP contribution in [0.4, 0.5) is 17.2 Å². The second-order valence-corrected chi connectivity index (χ2v) is 5.94. The van der Waals surface area contributed by atoms with E-state index in [1.54, 1.807) is 18.2 Å². The molecule has 0 saturated heterocycles. The molecule has 2 aromatic heterocycles. The first-order valence-electron chi connectivity index (χ1n) is 8.38. The molecule has 0 unspecified atom stereocenters. The predicted octanol–water partition coefficient (Wildman–Crippen LogP) is 1.87. The average molecular weight is 364 g/mol. The molecular formula is C18H16N6O3. The highest BCUT2D eigenvalue weighted by molar-refractivity contribution is 6.02. The van der Waals surface area contributed by atoms with Crippen molar-refractivity contribution in [2.24, 2.45) is 0 Å². The lowest BCUT2D eigenvalue weighted by atomic mass is 10.1. The van der Waals surface area contributed by atoms with E-state index < -0.39 is 0 Å². The van der Waals surface area contributed by atoms with Crippen LogP contribution >= 0.6 is 0 Å². The lowest BCUT2D eigenvalue weighted by Crippen LogP contribution is -2.29. The molecule has 0 radical (unpaired) electrons. The van der Waals surface area contributed by atoms with Crippen LogP contribution in [0.1, 0.15) is 21.9 Å². The molecular weight excluding hydrogens is 348 g/mol. The predicted molar refractivity (Wildman–Crippen MR) is 97.5 cm³/mol. The maximum absolute atomic E-state index is 12.2. The average Bonchev–Trinajstić information content (AvgIpc) is 3.16. The largest absolute Gasteiger partial charge is 0.372 e. The van der Waals surface area contributed by atoms with E-state index in [0.717, 1.165) is 5.69 Å². The molecule has 2 amide bonds. The van der Waals surface area contributed by atoms with Crippen LogP contribution in [0.2, 0.25) is 0 Å². The van der Waals surface area contributed by atoms with E-state index in [9.17, 15) is 9.59 Å². The second kappa shape index (κ2) is 7.24. The van der Waals surface area contributed by atoms with Crippen molar-refractivity contribution in [3.8, 4) is 0 Å². The van der Waals surface area contributed by atoms with E-state index in [-0.39, 0.29) is 24.1 Å². The van der Waals surface area contributed by atoms with E-state index in [4.69, 9.17) is 4.52 Å². The quantitative estimate of drug-likeness (QED) is 0.631. The van der Waals surface area contributed by atoms with Gasteiger partial charge in [0.05, 0.1) is 17.9 Å². The molecule has 9 heteroatoms. The number of aryl methyl sites for hydroxylation is 2. The third-order valence-electron chi connectivity index (χ3n) is 4.04. The van der Waals surface area contributed by atoms with E-state index in [0.29, 0.717) is 35.8 Å². The highest BCUT2D eigenvalue weighted by Crippen LogP contribution is 2.25. The smallest absolute Gasteiger partial charge is 0.277 e. The van der Waals surface area contributed by atoms with Gasteiger partial charge in [0.25, 0.3) is 5.91 Å². The monoisotopic (exact) mass is 364 g/mol. The number of fused-ring (bicyclic) bond motifs is 1. The number of rotatable bonds is 5. The Balaban J connectivity index is 1.41. The zero-order valence-electron chi connectivity index (χ0n) is 14.2. The SMILES string of the molecule is O=C1CNc2c(CCc3cc(C(=O)Nc4ccccc4)no3)ncnc2N1. The first kappa shape index (κ1) is 16.7. The van der Waals surface area contributed by atoms with Crippen LogP contribution in [0.25, 0.3) is 0 Å². The van der Waals surface area contributed by atoms with Gasteiger partial charge in [0, 0.05) is 18.2 Å². The molecule has 1 aliphatic rings. The molecule has 0 fully saturated rings. The van der Waals surface area contributed by atoms with E-state index in [2.05, 4.69) is 31.1 Å². The first-order valence-corrected chi connectivity index (χ1v) is 8.38. The lowest BCUT2D eigenvalue weighted by Gasteiger charge is -2.19. The van der Waals surface area contributed by atoms with Crippen molar-refractivity contribution in [2.45, 2.75) is 12.8 Å². The standard InChI is InChI=1S/C18H16N6O3/c25-15-9-19-16-13(20-10-21-17(16)23-15)7-6-12-8-14(24-27-12)18(26)22-11-4-2-1-3-5-11/h1-5,8,10,19H,6-7,9H2,(H,22,26)(H,20,21,23,25). The summed E-state index contributed by atoms with van der Waals surface area (Å²) >= 11 is 0. The Hall–Kier alpha value is -3.75. The van der Waals surface area contributed by atoms with Crippen LogP contribution in [0.5, 0.6) is 0 Å². The van der Waals surface area contributed by atoms with Crippen molar-refractivity contribution >= 4 is 29.0 Å². The summed E-state index contributed by atoms with van der Waals surface area (Å²) in [5, 5.41) is 12.3. The molecule has 0 bridgehead atoms. The van der Waals surface area contributed by atoms with E-state index >= 15 is 0 Å². The molecule has 1 aliphatic heterocycles. The van der Waals surface area contributed by atoms with Gasteiger partial charge in [-0.05, 0) is 18.6 Å². The van der Waals surface area contributed by atoms with Crippen molar-refractivity contribution in [2.75, 3.05) is 22.5 Å². The summed E-state index contributed by atoms with van der Waals surface area (Å²) in [6.07, 6.45) is 2.45. The summed E-state index contributed by atoms with van der Waals surface area (Å²) in [5.74, 6) is 0.564. The summed E-state index contributed by atoms with van der Waals surface area (Å²) in [7, 11) is 0. The third-order valence-corrected chi connectivity index (χ3v) is 4.04. The maximum Gasteiger partial charge on any atom is 0.277 e. The normalized spacial score (nSPS) is 12.7. The number of nitrogens with zero attached hydrogens (tertiary/aromatic N) is 3. The molecule has 3 heterocycles. The number of hydrogen-bond donors (Lipinski definition) is 3. The van der Waals surface area contributed by atoms with Crippen LogP contribution in [0.3, 0.4) is 0 Å². The number of carbonyl (C=O) groups excluding carboxylic acids is 2. The van der Waals surface area contributed by atoms with Gasteiger partial charge in [-0.3, -0.25) is 9.59 Å². The molecule has 1 aromatic carbocycles. The fraction of sp³-hybridized carbons (Fsp3) is 0.167. The number of para-hydroxylation sites is 1. The number of aromatic nitrogens is 3. The van der Waals surface area contributed by atoms with Gasteiger partial charge >= 0.3 is 0 Å². The highest BCUT2D eigenvalue weighted by Gasteiger charge is 2.20. The molecule has 3 aromatic rings. The minimum atomic E-state index is -0.333. The summed E-state index contributed by atoms with van der Waals surface area (Å²) < 4.78 is 5.26. The van der Waals surface area contributed by atoms with Crippen LogP contribution in [-0.2, 0) is 17.6 Å². The van der Waals surface area contributed by atoms with Crippen LogP contribution in [0, 0.1) is 0 Å². The molecule has 0 aliphatic carbocycles. The Bertz CT molecular complexity index is 986. The number of anilines is 3. The van der Waals surface area contributed by atoms with Gasteiger partial charge in [0.2, 0.25) is 5.91 Å². The molecule has 4 rings (SSSR count). The van der Waals surface area contributed by atoms with Gasteiger partial charge in [-0.25, -0.2) is 9.97 Å². The van der Waals surface area contributed by atoms with Gasteiger partial charge in [-0.15, -0.1) is 0 Å². The van der Waals surface area contributed by atoms with Crippen molar-refractivity contribution in [3.63, 3.8) is 0 Å². The Morgan fingerprint density at radius 3 is 2.89 bits per heavy atom. The molecule has 27 heavy (non-hydrogen) atoms. The van der Waals surface area contributed by atoms with E-state index in [1.807, 2.05) is 18.2 Å². The maximum atomic E-state index is 12.2. The Labute approximate surface area is 154 Å². The highest BCUT2D eigenvalue weighted by atomic mass is 16.5. The van der Waals surface area contributed by atoms with E-state index in [1.165, 1.54) is 6.33 Å². The molecule has 136 valence electrons. The number of carbonyl (C=O) groups is 2. The zero-order valence-corrected chi connectivity index (χ0v) is 14.2. The van der Waals surface area contributed by atoms with Crippen molar-refractivity contribution in [3.05, 3.63) is 59.9 Å². The number of hydrogen-bond acceptors (Lipinski definition) is 7. The Kier molecular flexibility index (Phi) is 4.48.